The summed E-state index contributed by atoms with van der Waals surface area (Å²) in [6.45, 7) is 4.16. The fourth-order valence-corrected chi connectivity index (χ4v) is 2.16. The minimum atomic E-state index is -4.64. The molecule has 0 rings (SSSR count). The monoisotopic (exact) mass is 292 g/mol. The highest BCUT2D eigenvalue weighted by molar-refractivity contribution is 7.52. The first-order chi connectivity index (χ1) is 7.62. The summed E-state index contributed by atoms with van der Waals surface area (Å²) in [6, 6.07) is 0. The molecular weight excluding hydrogens is 270 g/mol. The van der Waals surface area contributed by atoms with Gasteiger partial charge in [-0.15, -0.1) is 0 Å². The zero-order valence-electron chi connectivity index (χ0n) is 10.2. The minimum Gasteiger partial charge on any atom is -0.324 e. The van der Waals surface area contributed by atoms with E-state index in [9.17, 15) is 4.57 Å². The normalized spacial score (nSPS) is 14.7. The predicted molar refractivity (Wildman–Crippen MR) is 64.7 cm³/mol. The molecule has 0 heterocycles. The van der Waals surface area contributed by atoms with Gasteiger partial charge < -0.3 is 24.1 Å². The first-order valence-corrected chi connectivity index (χ1v) is 8.69. The Kier molecular flexibility index (Phi) is 11.8. The van der Waals surface area contributed by atoms with Crippen LogP contribution >= 0.6 is 15.4 Å². The maximum absolute atomic E-state index is 11.1. The summed E-state index contributed by atoms with van der Waals surface area (Å²) in [5.74, 6) is 0. The van der Waals surface area contributed by atoms with Crippen molar-refractivity contribution in [1.82, 2.24) is 0 Å². The van der Waals surface area contributed by atoms with E-state index in [1.165, 1.54) is 0 Å². The van der Waals surface area contributed by atoms with Gasteiger partial charge in [-0.05, 0) is 13.3 Å². The van der Waals surface area contributed by atoms with Crippen molar-refractivity contribution in [2.24, 2.45) is 0 Å². The van der Waals surface area contributed by atoms with Crippen LogP contribution in [0.15, 0.2) is 0 Å². The molecule has 1 atom stereocenters. The second kappa shape index (κ2) is 10.2. The Bertz CT molecular complexity index is 254. The Balaban J connectivity index is 0. The summed E-state index contributed by atoms with van der Waals surface area (Å²) in [4.78, 5) is 30.7. The van der Waals surface area contributed by atoms with Crippen molar-refractivity contribution in [2.75, 3.05) is 12.8 Å². The summed E-state index contributed by atoms with van der Waals surface area (Å²) >= 11 is 0. The van der Waals surface area contributed by atoms with E-state index in [-0.39, 0.29) is 0 Å². The van der Waals surface area contributed by atoms with Gasteiger partial charge in [0.25, 0.3) is 0 Å². The fourth-order valence-electron chi connectivity index (χ4n) is 1.00. The van der Waals surface area contributed by atoms with Gasteiger partial charge in [0.15, 0.2) is 0 Å². The number of phosphoric acid groups is 1. The van der Waals surface area contributed by atoms with Crippen LogP contribution in [-0.4, -0.2) is 32.3 Å². The maximum Gasteiger partial charge on any atom is 0.466 e. The Labute approximate surface area is 102 Å². The van der Waals surface area contributed by atoms with Crippen LogP contribution in [0.3, 0.4) is 0 Å². The lowest BCUT2D eigenvalue weighted by atomic mass is 10.2. The quantitative estimate of drug-likeness (QED) is 0.417. The molecule has 0 aliphatic heterocycles. The molecule has 1 unspecified atom stereocenters. The molecule has 9 heteroatoms. The van der Waals surface area contributed by atoms with Crippen molar-refractivity contribution >= 4 is 15.4 Å². The predicted octanol–water partition coefficient (Wildman–Crippen LogP) is 1.86. The molecular formula is C8H22O7P2. The van der Waals surface area contributed by atoms with Crippen LogP contribution in [-0.2, 0) is 13.7 Å². The zero-order chi connectivity index (χ0) is 13.9. The maximum atomic E-state index is 11.1. The molecule has 0 aliphatic carbocycles. The van der Waals surface area contributed by atoms with Crippen LogP contribution in [0, 0.1) is 0 Å². The topological polar surface area (TPSA) is 124 Å². The number of hydrogen-bond acceptors (Lipinski definition) is 3. The first kappa shape index (κ1) is 19.6. The third-order valence-corrected chi connectivity index (χ3v) is 3.17. The van der Waals surface area contributed by atoms with Gasteiger partial charge in [0.2, 0.25) is 0 Å². The van der Waals surface area contributed by atoms with Crippen molar-refractivity contribution in [3.05, 3.63) is 0 Å². The summed E-state index contributed by atoms with van der Waals surface area (Å²) in [7, 11) is -7.87. The Morgan fingerprint density at radius 1 is 0.941 bits per heavy atom. The molecule has 4 N–H and O–H groups in total. The van der Waals surface area contributed by atoms with Gasteiger partial charge in [-0.25, -0.2) is 4.57 Å². The van der Waals surface area contributed by atoms with Gasteiger partial charge in [0, 0.05) is 6.16 Å². The molecule has 0 amide bonds. The van der Waals surface area contributed by atoms with Gasteiger partial charge >= 0.3 is 15.4 Å². The van der Waals surface area contributed by atoms with E-state index in [4.69, 9.17) is 28.7 Å². The van der Waals surface area contributed by atoms with Crippen LogP contribution in [0.4, 0.5) is 0 Å². The highest BCUT2D eigenvalue weighted by Gasteiger charge is 2.16. The Hall–Kier alpha value is 0.260. The van der Waals surface area contributed by atoms with E-state index in [0.29, 0.717) is 12.8 Å². The summed E-state index contributed by atoms with van der Waals surface area (Å²) in [6.07, 6.45) is 4.40. The summed E-state index contributed by atoms with van der Waals surface area (Å²) in [5.41, 5.74) is 0. The highest BCUT2D eigenvalue weighted by Crippen LogP contribution is 2.42. The lowest BCUT2D eigenvalue weighted by Crippen LogP contribution is -1.94. The van der Waals surface area contributed by atoms with Crippen LogP contribution in [0.25, 0.3) is 0 Å². The third-order valence-electron chi connectivity index (χ3n) is 1.63. The molecule has 17 heavy (non-hydrogen) atoms. The largest absolute Gasteiger partial charge is 0.466 e. The lowest BCUT2D eigenvalue weighted by Gasteiger charge is -2.09. The van der Waals surface area contributed by atoms with Crippen molar-refractivity contribution in [2.45, 2.75) is 39.5 Å². The molecule has 0 spiro atoms. The highest BCUT2D eigenvalue weighted by atomic mass is 31.2. The lowest BCUT2D eigenvalue weighted by molar-refractivity contribution is 0.272. The first-order valence-electron chi connectivity index (χ1n) is 5.37. The number of rotatable bonds is 7. The zero-order valence-corrected chi connectivity index (χ0v) is 11.9. The molecule has 0 aromatic rings. The molecule has 0 saturated carbocycles. The van der Waals surface area contributed by atoms with E-state index in [2.05, 4.69) is 6.92 Å². The smallest absolute Gasteiger partial charge is 0.324 e. The second-order valence-electron chi connectivity index (χ2n) is 3.35. The average molecular weight is 292 g/mol. The van der Waals surface area contributed by atoms with Gasteiger partial charge in [-0.3, -0.25) is 4.57 Å². The van der Waals surface area contributed by atoms with E-state index in [1.54, 1.807) is 6.92 Å². The molecule has 0 aliphatic rings. The van der Waals surface area contributed by atoms with Gasteiger partial charge in [-0.2, -0.15) is 0 Å². The molecule has 7 nitrogen and oxygen atoms in total. The van der Waals surface area contributed by atoms with Crippen molar-refractivity contribution < 1.29 is 33.2 Å². The SMILES string of the molecule is CCCCCCP(=O)(O)OCC.O=P(O)(O)O. The van der Waals surface area contributed by atoms with E-state index < -0.39 is 15.4 Å². The number of hydrogen-bond donors (Lipinski definition) is 4. The molecule has 0 bridgehead atoms. The van der Waals surface area contributed by atoms with E-state index >= 15 is 0 Å². The van der Waals surface area contributed by atoms with Crippen molar-refractivity contribution in [3.8, 4) is 0 Å². The van der Waals surface area contributed by atoms with Crippen LogP contribution in [0.5, 0.6) is 0 Å². The second-order valence-corrected chi connectivity index (χ2v) is 6.36. The minimum absolute atomic E-state index is 0.306. The van der Waals surface area contributed by atoms with Crippen molar-refractivity contribution in [3.63, 3.8) is 0 Å². The van der Waals surface area contributed by atoms with Crippen LogP contribution < -0.4 is 0 Å². The van der Waals surface area contributed by atoms with Crippen molar-refractivity contribution in [1.29, 1.82) is 0 Å². The third kappa shape index (κ3) is 26.1. The molecule has 0 fully saturated rings. The molecule has 0 aromatic carbocycles. The van der Waals surface area contributed by atoms with Gasteiger partial charge in [0.1, 0.15) is 0 Å². The summed E-state index contributed by atoms with van der Waals surface area (Å²) in [5, 5.41) is 0. The molecule has 0 saturated heterocycles. The van der Waals surface area contributed by atoms with E-state index in [0.717, 1.165) is 25.7 Å². The Morgan fingerprint density at radius 2 is 1.41 bits per heavy atom. The standard InChI is InChI=1S/C8H19O3P.H3O4P/c1-3-5-6-7-8-12(9,10)11-4-2;1-5(2,3)4/h3-8H2,1-2H3,(H,9,10);(H3,1,2,3,4). The van der Waals surface area contributed by atoms with Crippen LogP contribution in [0.1, 0.15) is 39.5 Å². The van der Waals surface area contributed by atoms with Gasteiger partial charge in [-0.1, -0.05) is 26.2 Å². The van der Waals surface area contributed by atoms with E-state index in [1.807, 2.05) is 0 Å². The fraction of sp³-hybridized carbons (Fsp3) is 1.00. The van der Waals surface area contributed by atoms with Crippen LogP contribution in [0.2, 0.25) is 0 Å². The Morgan fingerprint density at radius 3 is 1.76 bits per heavy atom. The average Bonchev–Trinajstić information content (AvgIpc) is 2.09. The molecule has 0 aromatic heterocycles. The molecule has 106 valence electrons. The number of unbranched alkanes of at least 4 members (excludes halogenated alkanes) is 3. The van der Waals surface area contributed by atoms with Gasteiger partial charge in [0.05, 0.1) is 6.61 Å². The summed E-state index contributed by atoms with van der Waals surface area (Å²) < 4.78 is 24.7. The molecule has 0 radical (unpaired) electrons.